The van der Waals surface area contributed by atoms with Gasteiger partial charge in [-0.1, -0.05) is 0 Å². The van der Waals surface area contributed by atoms with E-state index >= 15 is 0 Å². The lowest BCUT2D eigenvalue weighted by molar-refractivity contribution is -0.120. The highest BCUT2D eigenvalue weighted by Gasteiger charge is 2.12. The van der Waals surface area contributed by atoms with Gasteiger partial charge in [-0.25, -0.2) is 9.78 Å². The van der Waals surface area contributed by atoms with Crippen LogP contribution in [0.2, 0.25) is 0 Å². The number of rotatable bonds is 5. The maximum atomic E-state index is 11.1. The maximum Gasteiger partial charge on any atom is 0.354 e. The van der Waals surface area contributed by atoms with Gasteiger partial charge in [0.05, 0.1) is 5.69 Å². The largest absolute Gasteiger partial charge is 0.477 e. The molecule has 0 spiro atoms. The van der Waals surface area contributed by atoms with Crippen molar-refractivity contribution in [2.75, 3.05) is 31.3 Å². The van der Waals surface area contributed by atoms with E-state index in [4.69, 9.17) is 10.8 Å². The minimum atomic E-state index is -1.11. The summed E-state index contributed by atoms with van der Waals surface area (Å²) in [6, 6.07) is 2.83. The van der Waals surface area contributed by atoms with Gasteiger partial charge in [0.1, 0.15) is 0 Å². The van der Waals surface area contributed by atoms with E-state index in [2.05, 4.69) is 10.3 Å². The van der Waals surface area contributed by atoms with E-state index in [9.17, 15) is 9.59 Å². The van der Waals surface area contributed by atoms with Gasteiger partial charge in [-0.3, -0.25) is 4.79 Å². The van der Waals surface area contributed by atoms with E-state index in [1.807, 2.05) is 0 Å². The lowest BCUT2D eigenvalue weighted by Crippen LogP contribution is -2.27. The molecular formula is C11H16N4O3. The van der Waals surface area contributed by atoms with Crippen LogP contribution in [0, 0.1) is 0 Å². The molecule has 7 nitrogen and oxygen atoms in total. The minimum absolute atomic E-state index is 0.0778. The van der Waals surface area contributed by atoms with Gasteiger partial charge in [-0.15, -0.1) is 0 Å². The van der Waals surface area contributed by atoms with Crippen LogP contribution in [0.1, 0.15) is 16.9 Å². The van der Waals surface area contributed by atoms with Crippen molar-refractivity contribution in [1.82, 2.24) is 10.3 Å². The molecule has 18 heavy (non-hydrogen) atoms. The fourth-order valence-corrected chi connectivity index (χ4v) is 1.38. The highest BCUT2D eigenvalue weighted by Crippen LogP contribution is 2.19. The topological polar surface area (TPSA) is 109 Å². The van der Waals surface area contributed by atoms with Gasteiger partial charge in [0, 0.05) is 27.1 Å². The Hall–Kier alpha value is -2.31. The zero-order valence-electron chi connectivity index (χ0n) is 10.3. The number of aromatic nitrogens is 1. The molecule has 0 aliphatic heterocycles. The second-order valence-electron chi connectivity index (χ2n) is 3.76. The standard InChI is InChI=1S/C11H16N4O3/c1-13-9(16)5-6-15(2)10-7(12)3-4-8(14-10)11(17)18/h3-4H,5-6,12H2,1-2H3,(H,13,16)(H,17,18). The van der Waals surface area contributed by atoms with Gasteiger partial charge in [0.25, 0.3) is 0 Å². The van der Waals surface area contributed by atoms with Gasteiger partial charge in [-0.05, 0) is 12.1 Å². The van der Waals surface area contributed by atoms with Crippen molar-refractivity contribution >= 4 is 23.4 Å². The molecule has 1 aromatic rings. The van der Waals surface area contributed by atoms with Gasteiger partial charge < -0.3 is 21.1 Å². The highest BCUT2D eigenvalue weighted by molar-refractivity contribution is 5.87. The number of nitrogen functional groups attached to an aromatic ring is 1. The number of carboxylic acids is 1. The molecule has 0 aliphatic carbocycles. The molecule has 0 unspecified atom stereocenters. The Bertz CT molecular complexity index is 462. The van der Waals surface area contributed by atoms with E-state index in [0.717, 1.165) is 0 Å². The number of amides is 1. The van der Waals surface area contributed by atoms with E-state index < -0.39 is 5.97 Å². The number of hydrogen-bond donors (Lipinski definition) is 3. The predicted octanol–water partition coefficient (Wildman–Crippen LogP) is -0.0657. The lowest BCUT2D eigenvalue weighted by Gasteiger charge is -2.19. The first-order valence-electron chi connectivity index (χ1n) is 5.37. The highest BCUT2D eigenvalue weighted by atomic mass is 16.4. The first-order chi connectivity index (χ1) is 8.45. The third-order valence-corrected chi connectivity index (χ3v) is 2.44. The first kappa shape index (κ1) is 13.8. The number of nitrogens with one attached hydrogen (secondary N) is 1. The molecule has 1 heterocycles. The molecule has 0 saturated heterocycles. The van der Waals surface area contributed by atoms with Crippen LogP contribution in [0.3, 0.4) is 0 Å². The molecule has 0 bridgehead atoms. The second kappa shape index (κ2) is 5.85. The summed E-state index contributed by atoms with van der Waals surface area (Å²) in [5.41, 5.74) is 6.03. The van der Waals surface area contributed by atoms with Gasteiger partial charge in [0.2, 0.25) is 5.91 Å². The average molecular weight is 252 g/mol. The van der Waals surface area contributed by atoms with E-state index in [1.54, 1.807) is 19.0 Å². The molecule has 1 amide bonds. The predicted molar refractivity (Wildman–Crippen MR) is 67.6 cm³/mol. The quantitative estimate of drug-likeness (QED) is 0.677. The van der Waals surface area contributed by atoms with Gasteiger partial charge in [0.15, 0.2) is 11.5 Å². The fourth-order valence-electron chi connectivity index (χ4n) is 1.38. The zero-order valence-corrected chi connectivity index (χ0v) is 10.3. The van der Waals surface area contributed by atoms with Crippen LogP contribution in [-0.4, -0.2) is 42.6 Å². The van der Waals surface area contributed by atoms with Crippen molar-refractivity contribution < 1.29 is 14.7 Å². The zero-order chi connectivity index (χ0) is 13.7. The second-order valence-corrected chi connectivity index (χ2v) is 3.76. The van der Waals surface area contributed by atoms with Crippen molar-refractivity contribution in [3.8, 4) is 0 Å². The van der Waals surface area contributed by atoms with Gasteiger partial charge in [-0.2, -0.15) is 0 Å². The van der Waals surface area contributed by atoms with E-state index in [1.165, 1.54) is 12.1 Å². The number of carbonyl (C=O) groups is 2. The van der Waals surface area contributed by atoms with Crippen LogP contribution in [0.15, 0.2) is 12.1 Å². The van der Waals surface area contributed by atoms with Crippen LogP contribution < -0.4 is 16.0 Å². The summed E-state index contributed by atoms with van der Waals surface area (Å²) < 4.78 is 0. The third kappa shape index (κ3) is 3.34. The monoisotopic (exact) mass is 252 g/mol. The molecule has 4 N–H and O–H groups in total. The molecule has 0 aliphatic rings. The van der Waals surface area contributed by atoms with Crippen LogP contribution >= 0.6 is 0 Å². The van der Waals surface area contributed by atoms with Crippen molar-refractivity contribution in [2.45, 2.75) is 6.42 Å². The fraction of sp³-hybridized carbons (Fsp3) is 0.364. The van der Waals surface area contributed by atoms with Crippen LogP contribution in [0.4, 0.5) is 11.5 Å². The number of pyridine rings is 1. The summed E-state index contributed by atoms with van der Waals surface area (Å²) in [5, 5.41) is 11.4. The molecular weight excluding hydrogens is 236 g/mol. The number of aromatic carboxylic acids is 1. The van der Waals surface area contributed by atoms with Gasteiger partial charge >= 0.3 is 5.97 Å². The van der Waals surface area contributed by atoms with Crippen molar-refractivity contribution in [3.63, 3.8) is 0 Å². The molecule has 0 saturated carbocycles. The minimum Gasteiger partial charge on any atom is -0.477 e. The molecule has 98 valence electrons. The normalized spacial score (nSPS) is 9.89. The summed E-state index contributed by atoms with van der Waals surface area (Å²) >= 11 is 0. The summed E-state index contributed by atoms with van der Waals surface area (Å²) in [5.74, 6) is -0.857. The summed E-state index contributed by atoms with van der Waals surface area (Å²) in [4.78, 5) is 27.5. The first-order valence-corrected chi connectivity index (χ1v) is 5.37. The van der Waals surface area contributed by atoms with Crippen molar-refractivity contribution in [1.29, 1.82) is 0 Å². The number of nitrogens with zero attached hydrogens (tertiary/aromatic N) is 2. The Morgan fingerprint density at radius 1 is 1.50 bits per heavy atom. The molecule has 0 atom stereocenters. The summed E-state index contributed by atoms with van der Waals surface area (Å²) in [7, 11) is 3.26. The Morgan fingerprint density at radius 3 is 2.72 bits per heavy atom. The Morgan fingerprint density at radius 2 is 2.17 bits per heavy atom. The molecule has 7 heteroatoms. The Balaban J connectivity index is 2.84. The van der Waals surface area contributed by atoms with Crippen molar-refractivity contribution in [2.24, 2.45) is 0 Å². The molecule has 0 fully saturated rings. The maximum absolute atomic E-state index is 11.1. The Kier molecular flexibility index (Phi) is 4.47. The lowest BCUT2D eigenvalue weighted by atomic mass is 10.3. The summed E-state index contributed by atoms with van der Waals surface area (Å²) in [6.45, 7) is 0.403. The molecule has 0 radical (unpaired) electrons. The smallest absolute Gasteiger partial charge is 0.354 e. The number of nitrogens with two attached hydrogens (primary N) is 1. The van der Waals surface area contributed by atoms with E-state index in [0.29, 0.717) is 18.1 Å². The van der Waals surface area contributed by atoms with E-state index in [-0.39, 0.29) is 18.0 Å². The SMILES string of the molecule is CNC(=O)CCN(C)c1nc(C(=O)O)ccc1N. The van der Waals surface area contributed by atoms with Crippen LogP contribution in [0.25, 0.3) is 0 Å². The summed E-state index contributed by atoms with van der Waals surface area (Å²) in [6.07, 6.45) is 0.283. The van der Waals surface area contributed by atoms with Crippen molar-refractivity contribution in [3.05, 3.63) is 17.8 Å². The number of carbonyl (C=O) groups excluding carboxylic acids is 1. The molecule has 1 rings (SSSR count). The number of carboxylic acid groups (broad SMARTS) is 1. The Labute approximate surface area is 105 Å². The molecule has 1 aromatic heterocycles. The number of anilines is 2. The average Bonchev–Trinajstić information content (AvgIpc) is 2.35. The number of hydrogen-bond acceptors (Lipinski definition) is 5. The van der Waals surface area contributed by atoms with Crippen LogP contribution in [0.5, 0.6) is 0 Å². The van der Waals surface area contributed by atoms with Crippen LogP contribution in [-0.2, 0) is 4.79 Å². The third-order valence-electron chi connectivity index (χ3n) is 2.44. The molecule has 0 aromatic carbocycles.